The van der Waals surface area contributed by atoms with Crippen molar-refractivity contribution in [3.8, 4) is 0 Å². The van der Waals surface area contributed by atoms with Gasteiger partial charge in [0.2, 0.25) is 0 Å². The third-order valence-electron chi connectivity index (χ3n) is 6.72. The molecule has 0 aliphatic carbocycles. The highest BCUT2D eigenvalue weighted by Gasteiger charge is 2.30. The first kappa shape index (κ1) is 22.1. The Balaban J connectivity index is 1.20. The molecule has 6 heteroatoms. The number of carbonyl (C=O) groups is 1. The maximum Gasteiger partial charge on any atom is 0.256 e. The molecule has 3 aromatic rings. The van der Waals surface area contributed by atoms with E-state index in [2.05, 4.69) is 22.0 Å². The molecule has 1 amide bonds. The minimum atomic E-state index is -0.273. The number of rotatable bonds is 6. The number of aromatic nitrogens is 1. The van der Waals surface area contributed by atoms with Gasteiger partial charge in [0.25, 0.3) is 5.91 Å². The highest BCUT2D eigenvalue weighted by Crippen LogP contribution is 2.33. The standard InChI is InChI=1S/C27H27ClFN3O/c28-25-15-21(13-19-8-11-31(12-9-19)18-24-3-1-2-10-30-24)14-22-17-32(27(33)26(22)25)16-20-4-6-23(29)7-5-20/h1-7,10,14-15,19H,8-9,11-13,16-18H2. The molecule has 2 aromatic carbocycles. The van der Waals surface area contributed by atoms with Crippen LogP contribution >= 0.6 is 11.6 Å². The summed E-state index contributed by atoms with van der Waals surface area (Å²) in [5.74, 6) is 0.297. The van der Waals surface area contributed by atoms with Crippen molar-refractivity contribution in [2.75, 3.05) is 13.1 Å². The van der Waals surface area contributed by atoms with Gasteiger partial charge in [0, 0.05) is 25.8 Å². The van der Waals surface area contributed by atoms with E-state index in [0.717, 1.165) is 55.7 Å². The zero-order valence-electron chi connectivity index (χ0n) is 18.5. The number of hydrogen-bond acceptors (Lipinski definition) is 3. The number of amides is 1. The fraction of sp³-hybridized carbons (Fsp3) is 0.333. The molecule has 2 aliphatic heterocycles. The van der Waals surface area contributed by atoms with Gasteiger partial charge in [-0.25, -0.2) is 4.39 Å². The molecule has 0 atom stereocenters. The number of nitrogens with zero attached hydrogens (tertiary/aromatic N) is 3. The fourth-order valence-electron chi connectivity index (χ4n) is 4.98. The number of hydrogen-bond donors (Lipinski definition) is 0. The average Bonchev–Trinajstić information content (AvgIpc) is 3.13. The van der Waals surface area contributed by atoms with E-state index >= 15 is 0 Å². The van der Waals surface area contributed by atoms with E-state index < -0.39 is 0 Å². The Morgan fingerprint density at radius 2 is 1.79 bits per heavy atom. The number of piperidine rings is 1. The molecule has 0 saturated carbocycles. The molecular formula is C27H27ClFN3O. The average molecular weight is 464 g/mol. The van der Waals surface area contributed by atoms with Crippen molar-refractivity contribution >= 4 is 17.5 Å². The molecule has 0 spiro atoms. The van der Waals surface area contributed by atoms with Gasteiger partial charge in [-0.1, -0.05) is 35.9 Å². The number of fused-ring (bicyclic) bond motifs is 1. The lowest BCUT2D eigenvalue weighted by Crippen LogP contribution is -2.34. The zero-order chi connectivity index (χ0) is 22.8. The van der Waals surface area contributed by atoms with Gasteiger partial charge in [-0.05, 0) is 85.3 Å². The highest BCUT2D eigenvalue weighted by atomic mass is 35.5. The van der Waals surface area contributed by atoms with Crippen LogP contribution in [0.25, 0.3) is 0 Å². The first-order valence-corrected chi connectivity index (χ1v) is 11.9. The van der Waals surface area contributed by atoms with Crippen molar-refractivity contribution in [3.63, 3.8) is 0 Å². The SMILES string of the molecule is O=C1c2c(Cl)cc(CC3CCN(Cc4ccccn4)CC3)cc2CN1Cc1ccc(F)cc1. The Morgan fingerprint density at radius 3 is 2.52 bits per heavy atom. The lowest BCUT2D eigenvalue weighted by molar-refractivity contribution is 0.0767. The van der Waals surface area contributed by atoms with Crippen molar-refractivity contribution < 1.29 is 9.18 Å². The minimum absolute atomic E-state index is 0.0475. The summed E-state index contributed by atoms with van der Waals surface area (Å²) in [7, 11) is 0. The third kappa shape index (κ3) is 5.10. The van der Waals surface area contributed by atoms with Gasteiger partial charge >= 0.3 is 0 Å². The molecule has 0 radical (unpaired) electrons. The first-order chi connectivity index (χ1) is 16.0. The van der Waals surface area contributed by atoms with Gasteiger partial charge in [0.15, 0.2) is 0 Å². The minimum Gasteiger partial charge on any atom is -0.330 e. The molecule has 0 N–H and O–H groups in total. The Morgan fingerprint density at radius 1 is 1.00 bits per heavy atom. The van der Waals surface area contributed by atoms with Crippen LogP contribution in [0.3, 0.4) is 0 Å². The molecule has 1 aromatic heterocycles. The van der Waals surface area contributed by atoms with Crippen molar-refractivity contribution in [2.45, 2.75) is 38.9 Å². The molecule has 1 fully saturated rings. The molecule has 0 unspecified atom stereocenters. The summed E-state index contributed by atoms with van der Waals surface area (Å²) in [6.45, 7) is 4.05. The summed E-state index contributed by atoms with van der Waals surface area (Å²) in [6, 6.07) is 16.5. The second kappa shape index (κ2) is 9.62. The van der Waals surface area contributed by atoms with Gasteiger partial charge in [-0.3, -0.25) is 14.7 Å². The van der Waals surface area contributed by atoms with Crippen LogP contribution in [0.15, 0.2) is 60.8 Å². The van der Waals surface area contributed by atoms with E-state index in [-0.39, 0.29) is 11.7 Å². The maximum atomic E-state index is 13.2. The summed E-state index contributed by atoms with van der Waals surface area (Å²) in [5.41, 5.74) is 4.85. The van der Waals surface area contributed by atoms with Crippen molar-refractivity contribution in [2.24, 2.45) is 5.92 Å². The highest BCUT2D eigenvalue weighted by molar-refractivity contribution is 6.34. The Bertz CT molecular complexity index is 1130. The van der Waals surface area contributed by atoms with Gasteiger partial charge in [-0.2, -0.15) is 0 Å². The zero-order valence-corrected chi connectivity index (χ0v) is 19.3. The molecule has 1 saturated heterocycles. The monoisotopic (exact) mass is 463 g/mol. The van der Waals surface area contributed by atoms with Crippen molar-refractivity contribution in [1.82, 2.24) is 14.8 Å². The van der Waals surface area contributed by atoms with Crippen LogP contribution in [0.4, 0.5) is 4.39 Å². The van der Waals surface area contributed by atoms with Crippen LogP contribution in [-0.4, -0.2) is 33.8 Å². The molecule has 5 rings (SSSR count). The van der Waals surface area contributed by atoms with E-state index in [1.807, 2.05) is 24.4 Å². The molecule has 170 valence electrons. The van der Waals surface area contributed by atoms with E-state index in [9.17, 15) is 9.18 Å². The number of pyridine rings is 1. The van der Waals surface area contributed by atoms with Gasteiger partial charge in [0.1, 0.15) is 5.82 Å². The Labute approximate surface area is 199 Å². The second-order valence-electron chi connectivity index (χ2n) is 9.14. The lowest BCUT2D eigenvalue weighted by Gasteiger charge is -2.31. The van der Waals surface area contributed by atoms with Crippen LogP contribution in [0.2, 0.25) is 5.02 Å². The topological polar surface area (TPSA) is 36.4 Å². The molecular weight excluding hydrogens is 437 g/mol. The summed E-state index contributed by atoms with van der Waals surface area (Å²) in [4.78, 5) is 21.6. The van der Waals surface area contributed by atoms with E-state index in [1.165, 1.54) is 17.7 Å². The second-order valence-corrected chi connectivity index (χ2v) is 9.55. The maximum absolute atomic E-state index is 13.2. The van der Waals surface area contributed by atoms with Crippen LogP contribution in [0.1, 0.15) is 45.6 Å². The number of benzene rings is 2. The van der Waals surface area contributed by atoms with Gasteiger partial charge in [0.05, 0.1) is 16.3 Å². The van der Waals surface area contributed by atoms with E-state index in [0.29, 0.717) is 29.6 Å². The van der Waals surface area contributed by atoms with Crippen molar-refractivity contribution in [3.05, 3.63) is 99.6 Å². The fourth-order valence-corrected chi connectivity index (χ4v) is 5.33. The lowest BCUT2D eigenvalue weighted by atomic mass is 9.89. The summed E-state index contributed by atoms with van der Waals surface area (Å²) in [5, 5.41) is 0.543. The molecule has 4 nitrogen and oxygen atoms in total. The van der Waals surface area contributed by atoms with E-state index in [4.69, 9.17) is 11.6 Å². The van der Waals surface area contributed by atoms with Crippen LogP contribution in [0.5, 0.6) is 0 Å². The molecule has 33 heavy (non-hydrogen) atoms. The summed E-state index contributed by atoms with van der Waals surface area (Å²) < 4.78 is 13.2. The third-order valence-corrected chi connectivity index (χ3v) is 7.02. The summed E-state index contributed by atoms with van der Waals surface area (Å²) >= 11 is 6.58. The van der Waals surface area contributed by atoms with Crippen LogP contribution in [0, 0.1) is 11.7 Å². The van der Waals surface area contributed by atoms with Gasteiger partial charge < -0.3 is 4.90 Å². The van der Waals surface area contributed by atoms with Crippen LogP contribution in [-0.2, 0) is 26.1 Å². The number of halogens is 2. The van der Waals surface area contributed by atoms with Crippen molar-refractivity contribution in [1.29, 1.82) is 0 Å². The Kier molecular flexibility index (Phi) is 6.43. The van der Waals surface area contributed by atoms with Crippen LogP contribution < -0.4 is 0 Å². The Hall–Kier alpha value is -2.76. The molecule has 3 heterocycles. The predicted molar refractivity (Wildman–Crippen MR) is 127 cm³/mol. The largest absolute Gasteiger partial charge is 0.330 e. The van der Waals surface area contributed by atoms with Gasteiger partial charge in [-0.15, -0.1) is 0 Å². The molecule has 0 bridgehead atoms. The number of carbonyl (C=O) groups excluding carboxylic acids is 1. The summed E-state index contributed by atoms with van der Waals surface area (Å²) in [6.07, 6.45) is 5.14. The number of likely N-dealkylation sites (tertiary alicyclic amines) is 1. The quantitative estimate of drug-likeness (QED) is 0.485. The molecule has 2 aliphatic rings. The first-order valence-electron chi connectivity index (χ1n) is 11.5. The normalized spacial score (nSPS) is 16.9. The smallest absolute Gasteiger partial charge is 0.256 e. The van der Waals surface area contributed by atoms with E-state index in [1.54, 1.807) is 17.0 Å². The predicted octanol–water partition coefficient (Wildman–Crippen LogP) is 5.48.